The first-order chi connectivity index (χ1) is 5.24. The van der Waals surface area contributed by atoms with Crippen LogP contribution in [0, 0.1) is 0 Å². The lowest BCUT2D eigenvalue weighted by molar-refractivity contribution is -0.0200. The van der Waals surface area contributed by atoms with E-state index in [9.17, 15) is 8.78 Å². The zero-order valence-corrected chi connectivity index (χ0v) is 7.69. The molecule has 0 bridgehead atoms. The monoisotopic (exact) mass is 228 g/mol. The summed E-state index contributed by atoms with van der Waals surface area (Å²) >= 11 is 3.04. The fourth-order valence-electron chi connectivity index (χ4n) is 1.31. The van der Waals surface area contributed by atoms with Gasteiger partial charge in [-0.15, -0.1) is 0 Å². The first-order valence-corrected chi connectivity index (χ1v) is 4.82. The highest BCUT2D eigenvalue weighted by Crippen LogP contribution is 2.26. The normalized spacial score (nSPS) is 39.0. The summed E-state index contributed by atoms with van der Waals surface area (Å²) in [4.78, 5) is 0. The summed E-state index contributed by atoms with van der Waals surface area (Å²) in [6, 6.07) is 0. The molecule has 0 saturated heterocycles. The molecule has 0 aromatic rings. The first kappa shape index (κ1) is 9.39. The van der Waals surface area contributed by atoms with E-state index < -0.39 is 18.4 Å². The minimum Gasteiger partial charge on any atom is -0.364 e. The quantitative estimate of drug-likeness (QED) is 0.661. The molecular formula is C7H11BrF2O. The molecule has 0 N–H and O–H groups in total. The molecule has 1 aliphatic rings. The van der Waals surface area contributed by atoms with Crippen molar-refractivity contribution in [1.82, 2.24) is 0 Å². The second-order valence-corrected chi connectivity index (χ2v) is 3.20. The van der Waals surface area contributed by atoms with E-state index in [4.69, 9.17) is 4.74 Å². The molecule has 11 heavy (non-hydrogen) atoms. The fraction of sp³-hybridized carbons (Fsp3) is 1.00. The molecule has 0 radical (unpaired) electrons. The van der Waals surface area contributed by atoms with Gasteiger partial charge < -0.3 is 4.74 Å². The Morgan fingerprint density at radius 3 is 2.64 bits per heavy atom. The second-order valence-electron chi connectivity index (χ2n) is 2.74. The number of alkyl halides is 3. The predicted octanol–water partition coefficient (Wildman–Crippen LogP) is 2.58. The maximum atomic E-state index is 12.9. The highest BCUT2D eigenvalue weighted by atomic mass is 79.9. The lowest BCUT2D eigenvalue weighted by Gasteiger charge is -2.27. The molecule has 1 saturated carbocycles. The lowest BCUT2D eigenvalue weighted by Crippen LogP contribution is -2.33. The van der Waals surface area contributed by atoms with Gasteiger partial charge >= 0.3 is 0 Å². The van der Waals surface area contributed by atoms with Crippen molar-refractivity contribution in [2.24, 2.45) is 0 Å². The van der Waals surface area contributed by atoms with Gasteiger partial charge in [0.1, 0.15) is 17.9 Å². The summed E-state index contributed by atoms with van der Waals surface area (Å²) in [6.45, 7) is 0. The van der Waals surface area contributed by atoms with Crippen molar-refractivity contribution < 1.29 is 13.5 Å². The maximum absolute atomic E-state index is 12.9. The Bertz CT molecular complexity index is 123. The van der Waals surface area contributed by atoms with Gasteiger partial charge in [-0.2, -0.15) is 0 Å². The van der Waals surface area contributed by atoms with Crippen molar-refractivity contribution in [2.45, 2.75) is 37.7 Å². The van der Waals surface area contributed by atoms with E-state index in [2.05, 4.69) is 15.9 Å². The van der Waals surface area contributed by atoms with Gasteiger partial charge in [0.05, 0.1) is 6.10 Å². The Morgan fingerprint density at radius 1 is 1.36 bits per heavy atom. The van der Waals surface area contributed by atoms with Crippen LogP contribution in [0.15, 0.2) is 0 Å². The maximum Gasteiger partial charge on any atom is 0.129 e. The van der Waals surface area contributed by atoms with Crippen molar-refractivity contribution >= 4 is 15.9 Å². The summed E-state index contributed by atoms with van der Waals surface area (Å²) in [5.41, 5.74) is 0.328. The zero-order chi connectivity index (χ0) is 8.27. The minimum absolute atomic E-state index is 0.00231. The SMILES string of the molecule is FC1CCC(OCBr)C(F)C1. The van der Waals surface area contributed by atoms with E-state index in [0.29, 0.717) is 18.4 Å². The Hall–Kier alpha value is 0.300. The van der Waals surface area contributed by atoms with E-state index in [1.54, 1.807) is 0 Å². The van der Waals surface area contributed by atoms with Crippen molar-refractivity contribution in [2.75, 3.05) is 5.52 Å². The molecule has 0 aromatic heterocycles. The molecule has 3 unspecified atom stereocenters. The standard InChI is InChI=1S/C7H11BrF2O/c8-4-11-7-2-1-5(9)3-6(7)10/h5-7H,1-4H2. The van der Waals surface area contributed by atoms with Crippen molar-refractivity contribution in [3.8, 4) is 0 Å². The van der Waals surface area contributed by atoms with Crippen LogP contribution in [0.5, 0.6) is 0 Å². The first-order valence-electron chi connectivity index (χ1n) is 3.69. The Balaban J connectivity index is 2.31. The summed E-state index contributed by atoms with van der Waals surface area (Å²) in [5.74, 6) is 0. The van der Waals surface area contributed by atoms with Crippen LogP contribution in [0.3, 0.4) is 0 Å². The van der Waals surface area contributed by atoms with Crippen LogP contribution >= 0.6 is 15.9 Å². The number of halogens is 3. The molecule has 0 aromatic carbocycles. The van der Waals surface area contributed by atoms with Crippen LogP contribution in [0.1, 0.15) is 19.3 Å². The van der Waals surface area contributed by atoms with Crippen LogP contribution in [-0.4, -0.2) is 24.0 Å². The van der Waals surface area contributed by atoms with Gasteiger partial charge in [0.15, 0.2) is 0 Å². The van der Waals surface area contributed by atoms with E-state index in [0.717, 1.165) is 0 Å². The number of hydrogen-bond donors (Lipinski definition) is 0. The molecule has 0 aliphatic heterocycles. The zero-order valence-electron chi connectivity index (χ0n) is 6.10. The predicted molar refractivity (Wildman–Crippen MR) is 42.3 cm³/mol. The highest BCUT2D eigenvalue weighted by molar-refractivity contribution is 9.09. The average Bonchev–Trinajstić information content (AvgIpc) is 1.95. The number of ether oxygens (including phenoxy) is 1. The molecular weight excluding hydrogens is 218 g/mol. The van der Waals surface area contributed by atoms with Crippen LogP contribution in [-0.2, 0) is 4.74 Å². The van der Waals surface area contributed by atoms with Gasteiger partial charge in [0.25, 0.3) is 0 Å². The van der Waals surface area contributed by atoms with Crippen LogP contribution < -0.4 is 0 Å². The van der Waals surface area contributed by atoms with E-state index in [1.807, 2.05) is 0 Å². The molecule has 0 spiro atoms. The minimum atomic E-state index is -1.13. The third-order valence-electron chi connectivity index (χ3n) is 1.93. The molecule has 0 heterocycles. The summed E-state index contributed by atoms with van der Waals surface area (Å²) < 4.78 is 30.5. The van der Waals surface area contributed by atoms with Gasteiger partial charge in [-0.1, -0.05) is 15.9 Å². The topological polar surface area (TPSA) is 9.23 Å². The Kier molecular flexibility index (Phi) is 3.72. The van der Waals surface area contributed by atoms with E-state index >= 15 is 0 Å². The third-order valence-corrected chi connectivity index (χ3v) is 2.19. The van der Waals surface area contributed by atoms with E-state index in [-0.39, 0.29) is 6.42 Å². The van der Waals surface area contributed by atoms with Gasteiger partial charge in [0, 0.05) is 6.42 Å². The largest absolute Gasteiger partial charge is 0.364 e. The van der Waals surface area contributed by atoms with Crippen molar-refractivity contribution in [3.63, 3.8) is 0 Å². The van der Waals surface area contributed by atoms with Crippen molar-refractivity contribution in [1.29, 1.82) is 0 Å². The number of hydrogen-bond acceptors (Lipinski definition) is 1. The molecule has 1 rings (SSSR count). The van der Waals surface area contributed by atoms with Crippen LogP contribution in [0.25, 0.3) is 0 Å². The summed E-state index contributed by atoms with van der Waals surface area (Å²) in [7, 11) is 0. The van der Waals surface area contributed by atoms with Gasteiger partial charge in [0.2, 0.25) is 0 Å². The van der Waals surface area contributed by atoms with Crippen LogP contribution in [0.4, 0.5) is 8.78 Å². The second kappa shape index (κ2) is 4.36. The smallest absolute Gasteiger partial charge is 0.129 e. The molecule has 1 nitrogen and oxygen atoms in total. The lowest BCUT2D eigenvalue weighted by atomic mass is 9.94. The average molecular weight is 229 g/mol. The third kappa shape index (κ3) is 2.67. The Labute approximate surface area is 73.2 Å². The van der Waals surface area contributed by atoms with Crippen molar-refractivity contribution in [3.05, 3.63) is 0 Å². The fourth-order valence-corrected chi connectivity index (χ4v) is 1.65. The summed E-state index contributed by atoms with van der Waals surface area (Å²) in [6.07, 6.45) is -1.58. The number of rotatable bonds is 2. The Morgan fingerprint density at radius 2 is 2.09 bits per heavy atom. The molecule has 66 valence electrons. The molecule has 3 atom stereocenters. The van der Waals surface area contributed by atoms with Crippen LogP contribution in [0.2, 0.25) is 0 Å². The van der Waals surface area contributed by atoms with Gasteiger partial charge in [-0.25, -0.2) is 8.78 Å². The molecule has 0 amide bonds. The highest BCUT2D eigenvalue weighted by Gasteiger charge is 2.30. The summed E-state index contributed by atoms with van der Waals surface area (Å²) in [5, 5.41) is 0. The van der Waals surface area contributed by atoms with Gasteiger partial charge in [-0.05, 0) is 12.8 Å². The molecule has 1 fully saturated rings. The molecule has 4 heteroatoms. The van der Waals surface area contributed by atoms with Gasteiger partial charge in [-0.3, -0.25) is 0 Å². The molecule has 1 aliphatic carbocycles. The van der Waals surface area contributed by atoms with E-state index in [1.165, 1.54) is 0 Å².